The molecule has 0 saturated carbocycles. The number of amides is 1. The van der Waals surface area contributed by atoms with Crippen molar-refractivity contribution < 1.29 is 28.7 Å². The number of ether oxygens (including phenoxy) is 2. The van der Waals surface area contributed by atoms with Crippen LogP contribution >= 0.6 is 11.6 Å². The number of carbonyl (C=O) groups excluding carboxylic acids is 4. The number of anilines is 1. The number of aryl methyl sites for hydroxylation is 1. The first-order chi connectivity index (χ1) is 17.2. The zero-order valence-electron chi connectivity index (χ0n) is 19.8. The molecule has 36 heavy (non-hydrogen) atoms. The van der Waals surface area contributed by atoms with Crippen LogP contribution in [0.3, 0.4) is 0 Å². The van der Waals surface area contributed by atoms with Crippen LogP contribution in [0, 0.1) is 19.8 Å². The number of carbonyl (C=O) groups is 4. The molecule has 0 N–H and O–H groups in total. The van der Waals surface area contributed by atoms with Gasteiger partial charge in [0.2, 0.25) is 5.91 Å². The van der Waals surface area contributed by atoms with Gasteiger partial charge >= 0.3 is 11.9 Å². The summed E-state index contributed by atoms with van der Waals surface area (Å²) in [6.45, 7) is 3.44. The van der Waals surface area contributed by atoms with Crippen LogP contribution in [-0.2, 0) is 14.3 Å². The largest absolute Gasteiger partial charge is 0.457 e. The zero-order chi connectivity index (χ0) is 25.8. The van der Waals surface area contributed by atoms with Gasteiger partial charge in [-0.1, -0.05) is 35.4 Å². The maximum absolute atomic E-state index is 12.5. The molecular weight excluding hydrogens is 482 g/mol. The fourth-order valence-corrected chi connectivity index (χ4v) is 4.06. The molecule has 1 saturated heterocycles. The molecule has 0 aliphatic carbocycles. The van der Waals surface area contributed by atoms with Gasteiger partial charge in [-0.05, 0) is 67.9 Å². The normalized spacial score (nSPS) is 15.0. The summed E-state index contributed by atoms with van der Waals surface area (Å²) in [6, 6.07) is 18.2. The van der Waals surface area contributed by atoms with E-state index in [2.05, 4.69) is 0 Å². The Bertz CT molecular complexity index is 1320. The average Bonchev–Trinajstić information content (AvgIpc) is 3.26. The van der Waals surface area contributed by atoms with E-state index in [4.69, 9.17) is 21.1 Å². The van der Waals surface area contributed by atoms with E-state index in [9.17, 15) is 19.2 Å². The van der Waals surface area contributed by atoms with Gasteiger partial charge in [0.15, 0.2) is 12.4 Å². The van der Waals surface area contributed by atoms with Crippen LogP contribution in [-0.4, -0.2) is 36.8 Å². The lowest BCUT2D eigenvalue weighted by molar-refractivity contribution is -0.147. The van der Waals surface area contributed by atoms with Crippen LogP contribution in [0.25, 0.3) is 0 Å². The standard InChI is InChI=1S/C28H24ClNO6/c1-17-6-8-20(9-7-17)28(34)36-22-12-10-19(11-13-22)25(31)16-35-27(33)21-14-26(32)30(15-21)24-5-3-4-23(29)18(24)2/h3-13,21H,14-16H2,1-2H3/t21-/m0/s1. The van der Waals surface area contributed by atoms with Crippen LogP contribution in [0.15, 0.2) is 66.7 Å². The Labute approximate surface area is 213 Å². The summed E-state index contributed by atoms with van der Waals surface area (Å²) < 4.78 is 10.5. The minimum absolute atomic E-state index is 0.0000242. The first kappa shape index (κ1) is 25.1. The van der Waals surface area contributed by atoms with Gasteiger partial charge in [-0.25, -0.2) is 4.79 Å². The number of nitrogens with zero attached hydrogens (tertiary/aromatic N) is 1. The minimum Gasteiger partial charge on any atom is -0.457 e. The molecule has 8 heteroatoms. The van der Waals surface area contributed by atoms with E-state index in [1.807, 2.05) is 26.0 Å². The predicted molar refractivity (Wildman–Crippen MR) is 135 cm³/mol. The lowest BCUT2D eigenvalue weighted by Gasteiger charge is -2.19. The Hall–Kier alpha value is -3.97. The van der Waals surface area contributed by atoms with Crippen LogP contribution in [0.4, 0.5) is 5.69 Å². The molecule has 0 radical (unpaired) electrons. The van der Waals surface area contributed by atoms with Gasteiger partial charge in [-0.2, -0.15) is 0 Å². The first-order valence-corrected chi connectivity index (χ1v) is 11.7. The lowest BCUT2D eigenvalue weighted by atomic mass is 10.1. The number of hydrogen-bond acceptors (Lipinski definition) is 6. The fraction of sp³-hybridized carbons (Fsp3) is 0.214. The van der Waals surface area contributed by atoms with E-state index in [1.165, 1.54) is 29.2 Å². The second-order valence-corrected chi connectivity index (χ2v) is 9.01. The Kier molecular flexibility index (Phi) is 7.50. The topological polar surface area (TPSA) is 90.0 Å². The van der Waals surface area contributed by atoms with Gasteiger partial charge in [-0.3, -0.25) is 14.4 Å². The second-order valence-electron chi connectivity index (χ2n) is 8.60. The highest BCUT2D eigenvalue weighted by Crippen LogP contribution is 2.31. The zero-order valence-corrected chi connectivity index (χ0v) is 20.6. The van der Waals surface area contributed by atoms with Crippen molar-refractivity contribution in [3.05, 3.63) is 94.0 Å². The molecule has 1 aliphatic rings. The average molecular weight is 506 g/mol. The summed E-state index contributed by atoms with van der Waals surface area (Å²) in [5.74, 6) is -2.11. The quantitative estimate of drug-likeness (QED) is 0.256. The van der Waals surface area contributed by atoms with Crippen LogP contribution < -0.4 is 9.64 Å². The third kappa shape index (κ3) is 5.63. The van der Waals surface area contributed by atoms with Crippen molar-refractivity contribution in [2.45, 2.75) is 20.3 Å². The highest BCUT2D eigenvalue weighted by molar-refractivity contribution is 6.31. The molecule has 1 aliphatic heterocycles. The molecule has 0 aromatic heterocycles. The highest BCUT2D eigenvalue weighted by Gasteiger charge is 2.37. The molecule has 0 bridgehead atoms. The Balaban J connectivity index is 1.30. The van der Waals surface area contributed by atoms with Crippen molar-refractivity contribution in [2.75, 3.05) is 18.1 Å². The smallest absolute Gasteiger partial charge is 0.343 e. The van der Waals surface area contributed by atoms with Gasteiger partial charge in [0.1, 0.15) is 5.75 Å². The monoisotopic (exact) mass is 505 g/mol. The minimum atomic E-state index is -0.674. The van der Waals surface area contributed by atoms with Gasteiger partial charge in [-0.15, -0.1) is 0 Å². The second kappa shape index (κ2) is 10.7. The molecule has 4 rings (SSSR count). The molecule has 184 valence electrons. The Morgan fingerprint density at radius 3 is 2.31 bits per heavy atom. The Morgan fingerprint density at radius 1 is 0.944 bits per heavy atom. The number of halogens is 1. The van der Waals surface area contributed by atoms with E-state index in [-0.39, 0.29) is 24.6 Å². The van der Waals surface area contributed by atoms with Crippen molar-refractivity contribution in [1.82, 2.24) is 0 Å². The van der Waals surface area contributed by atoms with Crippen molar-refractivity contribution in [3.8, 4) is 5.75 Å². The van der Waals surface area contributed by atoms with E-state index >= 15 is 0 Å². The van der Waals surface area contributed by atoms with Gasteiger partial charge in [0, 0.05) is 29.2 Å². The third-order valence-corrected chi connectivity index (χ3v) is 6.42. The van der Waals surface area contributed by atoms with Crippen molar-refractivity contribution in [3.63, 3.8) is 0 Å². The van der Waals surface area contributed by atoms with Gasteiger partial charge in [0.25, 0.3) is 0 Å². The number of esters is 2. The van der Waals surface area contributed by atoms with Crippen molar-refractivity contribution in [2.24, 2.45) is 5.92 Å². The molecule has 3 aromatic rings. The molecule has 1 heterocycles. The molecule has 0 spiro atoms. The first-order valence-electron chi connectivity index (χ1n) is 11.4. The number of ketones is 1. The van der Waals surface area contributed by atoms with Crippen LogP contribution in [0.2, 0.25) is 5.02 Å². The third-order valence-electron chi connectivity index (χ3n) is 6.01. The summed E-state index contributed by atoms with van der Waals surface area (Å²) in [6.07, 6.45) is 0.0000242. The maximum atomic E-state index is 12.5. The summed E-state index contributed by atoms with van der Waals surface area (Å²) in [4.78, 5) is 51.3. The van der Waals surface area contributed by atoms with E-state index < -0.39 is 30.2 Å². The molecule has 7 nitrogen and oxygen atoms in total. The molecule has 1 atom stereocenters. The number of benzene rings is 3. The number of Topliss-reactive ketones (excluding diaryl/α,β-unsaturated/α-hetero) is 1. The predicted octanol–water partition coefficient (Wildman–Crippen LogP) is 4.96. The summed E-state index contributed by atoms with van der Waals surface area (Å²) >= 11 is 6.16. The molecule has 3 aromatic carbocycles. The SMILES string of the molecule is Cc1ccc(C(=O)Oc2ccc(C(=O)COC(=O)[C@H]3CC(=O)N(c4cccc(Cl)c4C)C3)cc2)cc1. The van der Waals surface area contributed by atoms with Gasteiger partial charge in [0.05, 0.1) is 11.5 Å². The molecule has 0 unspecified atom stereocenters. The summed E-state index contributed by atoms with van der Waals surface area (Å²) in [5.41, 5.74) is 3.16. The molecular formula is C28H24ClNO6. The highest BCUT2D eigenvalue weighted by atomic mass is 35.5. The van der Waals surface area contributed by atoms with Crippen LogP contribution in [0.5, 0.6) is 5.75 Å². The van der Waals surface area contributed by atoms with E-state index in [1.54, 1.807) is 30.3 Å². The van der Waals surface area contributed by atoms with E-state index in [0.717, 1.165) is 11.1 Å². The summed E-state index contributed by atoms with van der Waals surface area (Å²) in [7, 11) is 0. The van der Waals surface area contributed by atoms with Gasteiger partial charge < -0.3 is 14.4 Å². The van der Waals surface area contributed by atoms with Crippen LogP contribution in [0.1, 0.15) is 38.3 Å². The Morgan fingerprint density at radius 2 is 1.61 bits per heavy atom. The number of hydrogen-bond donors (Lipinski definition) is 0. The van der Waals surface area contributed by atoms with Crippen molar-refractivity contribution >= 4 is 40.9 Å². The van der Waals surface area contributed by atoms with E-state index in [0.29, 0.717) is 21.8 Å². The number of rotatable bonds is 7. The fourth-order valence-electron chi connectivity index (χ4n) is 3.89. The maximum Gasteiger partial charge on any atom is 0.343 e. The molecule has 1 fully saturated rings. The van der Waals surface area contributed by atoms with Crippen molar-refractivity contribution in [1.29, 1.82) is 0 Å². The molecule has 1 amide bonds. The lowest BCUT2D eigenvalue weighted by Crippen LogP contribution is -2.27. The summed E-state index contributed by atoms with van der Waals surface area (Å²) in [5, 5.41) is 0.535.